The van der Waals surface area contributed by atoms with E-state index in [-0.39, 0.29) is 12.3 Å². The number of aromatic nitrogens is 3. The van der Waals surface area contributed by atoms with Crippen molar-refractivity contribution < 1.29 is 14.3 Å². The van der Waals surface area contributed by atoms with Gasteiger partial charge in [0.2, 0.25) is 11.9 Å². The smallest absolute Gasteiger partial charge is 0.231 e. The first-order valence-corrected chi connectivity index (χ1v) is 6.33. The number of benzene rings is 1. The van der Waals surface area contributed by atoms with Crippen molar-refractivity contribution in [3.8, 4) is 11.5 Å². The number of carbonyl (C=O) groups is 1. The summed E-state index contributed by atoms with van der Waals surface area (Å²) in [5, 5.41) is 9.22. The van der Waals surface area contributed by atoms with Crippen LogP contribution in [0.25, 0.3) is 0 Å². The maximum Gasteiger partial charge on any atom is 0.231 e. The summed E-state index contributed by atoms with van der Waals surface area (Å²) < 4.78 is 10.9. The Bertz CT molecular complexity index is 630. The van der Waals surface area contributed by atoms with E-state index in [2.05, 4.69) is 20.5 Å². The van der Waals surface area contributed by atoms with Gasteiger partial charge >= 0.3 is 0 Å². The number of carbonyl (C=O) groups excluding carboxylic acids is 1. The minimum absolute atomic E-state index is 0.150. The van der Waals surface area contributed by atoms with E-state index in [1.54, 1.807) is 12.1 Å². The Kier molecular flexibility index (Phi) is 3.42. The molecule has 2 heterocycles. The zero-order valence-corrected chi connectivity index (χ0v) is 11.1. The lowest BCUT2D eigenvalue weighted by atomic mass is 10.1. The monoisotopic (exact) mass is 294 g/mol. The summed E-state index contributed by atoms with van der Waals surface area (Å²) in [7, 11) is 0. The minimum Gasteiger partial charge on any atom is -0.486 e. The summed E-state index contributed by atoms with van der Waals surface area (Å²) >= 11 is 6.11. The second-order valence-electron chi connectivity index (χ2n) is 4.16. The molecule has 0 aliphatic carbocycles. The summed E-state index contributed by atoms with van der Waals surface area (Å²) in [5.41, 5.74) is 0.733. The van der Waals surface area contributed by atoms with Crippen LogP contribution in [0.3, 0.4) is 0 Å². The molecule has 1 aromatic carbocycles. The normalized spacial score (nSPS) is 13.1. The molecule has 0 spiro atoms. The zero-order chi connectivity index (χ0) is 13.9. The van der Waals surface area contributed by atoms with E-state index < -0.39 is 0 Å². The molecular weight excluding hydrogens is 284 g/mol. The van der Waals surface area contributed by atoms with Crippen molar-refractivity contribution in [2.75, 3.05) is 18.5 Å². The standard InChI is InChI=1S/C12H11ClN4O3/c13-8-3-7(4-9-11(8)20-2-1-19-9)5-10(18)16-12-14-6-15-17-12/h3-4,6H,1-2,5H2,(H2,14,15,16,17,18). The molecule has 7 nitrogen and oxygen atoms in total. The molecule has 3 rings (SSSR count). The van der Waals surface area contributed by atoms with Crippen molar-refractivity contribution in [1.82, 2.24) is 15.2 Å². The molecule has 8 heteroatoms. The fraction of sp³-hybridized carbons (Fsp3) is 0.250. The highest BCUT2D eigenvalue weighted by molar-refractivity contribution is 6.32. The Morgan fingerprint density at radius 2 is 2.25 bits per heavy atom. The van der Waals surface area contributed by atoms with Gasteiger partial charge in [-0.25, -0.2) is 5.10 Å². The summed E-state index contributed by atoms with van der Waals surface area (Å²) in [5.74, 6) is 1.16. The quantitative estimate of drug-likeness (QED) is 0.893. The highest BCUT2D eigenvalue weighted by atomic mass is 35.5. The number of hydrogen-bond donors (Lipinski definition) is 2. The van der Waals surface area contributed by atoms with Crippen LogP contribution in [0.2, 0.25) is 5.02 Å². The van der Waals surface area contributed by atoms with Gasteiger partial charge in [-0.15, -0.1) is 0 Å². The molecule has 1 aromatic heterocycles. The summed E-state index contributed by atoms with van der Waals surface area (Å²) in [6.07, 6.45) is 1.47. The number of nitrogens with one attached hydrogen (secondary N) is 2. The van der Waals surface area contributed by atoms with E-state index >= 15 is 0 Å². The molecule has 0 bridgehead atoms. The van der Waals surface area contributed by atoms with Gasteiger partial charge in [-0.1, -0.05) is 11.6 Å². The van der Waals surface area contributed by atoms with E-state index in [4.69, 9.17) is 21.1 Å². The number of ether oxygens (including phenoxy) is 2. The highest BCUT2D eigenvalue weighted by Crippen LogP contribution is 2.38. The Morgan fingerprint density at radius 1 is 1.40 bits per heavy atom. The number of fused-ring (bicyclic) bond motifs is 1. The summed E-state index contributed by atoms with van der Waals surface area (Å²) in [6.45, 7) is 0.940. The predicted molar refractivity (Wildman–Crippen MR) is 71.2 cm³/mol. The van der Waals surface area contributed by atoms with Crippen LogP contribution >= 0.6 is 11.6 Å². The van der Waals surface area contributed by atoms with Gasteiger partial charge in [0.25, 0.3) is 0 Å². The van der Waals surface area contributed by atoms with Crippen molar-refractivity contribution in [3.63, 3.8) is 0 Å². The SMILES string of the molecule is O=C(Cc1cc(Cl)c2c(c1)OCCO2)Nc1ncn[nH]1. The summed E-state index contributed by atoms with van der Waals surface area (Å²) in [6, 6.07) is 3.44. The number of amides is 1. The van der Waals surface area contributed by atoms with E-state index in [9.17, 15) is 4.79 Å². The zero-order valence-electron chi connectivity index (χ0n) is 10.4. The number of nitrogens with zero attached hydrogens (tertiary/aromatic N) is 2. The molecule has 0 radical (unpaired) electrons. The van der Waals surface area contributed by atoms with Crippen molar-refractivity contribution >= 4 is 23.5 Å². The van der Waals surface area contributed by atoms with E-state index in [1.807, 2.05) is 0 Å². The maximum atomic E-state index is 11.8. The van der Waals surface area contributed by atoms with E-state index in [1.165, 1.54) is 6.33 Å². The number of anilines is 1. The predicted octanol–water partition coefficient (Wildman–Crippen LogP) is 1.41. The number of aromatic amines is 1. The Balaban J connectivity index is 1.74. The molecule has 1 aliphatic heterocycles. The Morgan fingerprint density at radius 3 is 3.05 bits per heavy atom. The molecule has 1 aliphatic rings. The second-order valence-corrected chi connectivity index (χ2v) is 4.57. The van der Waals surface area contributed by atoms with Crippen LogP contribution in [0.1, 0.15) is 5.56 Å². The van der Waals surface area contributed by atoms with Gasteiger partial charge in [0.1, 0.15) is 19.5 Å². The largest absolute Gasteiger partial charge is 0.486 e. The van der Waals surface area contributed by atoms with Crippen LogP contribution in [-0.4, -0.2) is 34.3 Å². The molecule has 2 aromatic rings. The van der Waals surface area contributed by atoms with Gasteiger partial charge in [-0.2, -0.15) is 10.1 Å². The topological polar surface area (TPSA) is 89.1 Å². The molecule has 2 N–H and O–H groups in total. The van der Waals surface area contributed by atoms with Crippen molar-refractivity contribution in [2.24, 2.45) is 0 Å². The molecule has 0 saturated carbocycles. The lowest BCUT2D eigenvalue weighted by Crippen LogP contribution is -2.18. The van der Waals surface area contributed by atoms with Crippen LogP contribution in [0, 0.1) is 0 Å². The van der Waals surface area contributed by atoms with Crippen molar-refractivity contribution in [3.05, 3.63) is 29.0 Å². The van der Waals surface area contributed by atoms with Crippen molar-refractivity contribution in [2.45, 2.75) is 6.42 Å². The van der Waals surface area contributed by atoms with Crippen LogP contribution < -0.4 is 14.8 Å². The number of rotatable bonds is 3. The molecule has 104 valence electrons. The number of halogens is 1. The van der Waals surface area contributed by atoms with Gasteiger partial charge in [0.15, 0.2) is 11.5 Å². The lowest BCUT2D eigenvalue weighted by Gasteiger charge is -2.20. The van der Waals surface area contributed by atoms with E-state index in [0.29, 0.717) is 35.7 Å². The van der Waals surface area contributed by atoms with Gasteiger partial charge in [0, 0.05) is 0 Å². The van der Waals surface area contributed by atoms with Crippen LogP contribution in [0.15, 0.2) is 18.5 Å². The van der Waals surface area contributed by atoms with Gasteiger partial charge in [0.05, 0.1) is 11.4 Å². The number of H-pyrrole nitrogens is 1. The highest BCUT2D eigenvalue weighted by Gasteiger charge is 2.17. The molecular formula is C12H11ClN4O3. The van der Waals surface area contributed by atoms with Gasteiger partial charge in [-0.05, 0) is 17.7 Å². The minimum atomic E-state index is -0.227. The van der Waals surface area contributed by atoms with Crippen molar-refractivity contribution in [1.29, 1.82) is 0 Å². The Labute approximate surface area is 119 Å². The van der Waals surface area contributed by atoms with Crippen LogP contribution in [-0.2, 0) is 11.2 Å². The second kappa shape index (κ2) is 5.38. The molecule has 0 unspecified atom stereocenters. The molecule has 0 fully saturated rings. The average molecular weight is 295 g/mol. The first-order valence-electron chi connectivity index (χ1n) is 5.95. The van der Waals surface area contributed by atoms with Gasteiger partial charge in [-0.3, -0.25) is 10.1 Å². The summed E-state index contributed by atoms with van der Waals surface area (Å²) in [4.78, 5) is 15.7. The average Bonchev–Trinajstić information content (AvgIpc) is 2.91. The fourth-order valence-corrected chi connectivity index (χ4v) is 2.18. The lowest BCUT2D eigenvalue weighted by molar-refractivity contribution is -0.115. The molecule has 1 amide bonds. The molecule has 0 saturated heterocycles. The third-order valence-corrected chi connectivity index (χ3v) is 2.97. The maximum absolute atomic E-state index is 11.8. The fourth-order valence-electron chi connectivity index (χ4n) is 1.89. The number of hydrogen-bond acceptors (Lipinski definition) is 5. The third-order valence-electron chi connectivity index (χ3n) is 2.69. The third kappa shape index (κ3) is 2.67. The molecule has 0 atom stereocenters. The van der Waals surface area contributed by atoms with Crippen LogP contribution in [0.5, 0.6) is 11.5 Å². The van der Waals surface area contributed by atoms with Crippen LogP contribution in [0.4, 0.5) is 5.95 Å². The van der Waals surface area contributed by atoms with E-state index in [0.717, 1.165) is 5.56 Å². The van der Waals surface area contributed by atoms with Gasteiger partial charge < -0.3 is 9.47 Å². The first-order chi connectivity index (χ1) is 9.72. The molecule has 20 heavy (non-hydrogen) atoms. The first kappa shape index (κ1) is 12.7. The Hall–Kier alpha value is -2.28.